The maximum atomic E-state index is 12.3. The second kappa shape index (κ2) is 3.43. The van der Waals surface area contributed by atoms with Gasteiger partial charge in [0.25, 0.3) is 0 Å². The van der Waals surface area contributed by atoms with Gasteiger partial charge in [-0.1, -0.05) is 36.1 Å². The van der Waals surface area contributed by atoms with Crippen LogP contribution in [-0.4, -0.2) is 11.6 Å². The highest BCUT2D eigenvalue weighted by Crippen LogP contribution is 2.34. The molecule has 0 bridgehead atoms. The van der Waals surface area contributed by atoms with Crippen molar-refractivity contribution in [1.29, 1.82) is 0 Å². The Morgan fingerprint density at radius 2 is 1.39 bits per heavy atom. The lowest BCUT2D eigenvalue weighted by Crippen LogP contribution is -2.23. The summed E-state index contributed by atoms with van der Waals surface area (Å²) in [4.78, 5) is 24.5. The van der Waals surface area contributed by atoms with E-state index in [9.17, 15) is 14.7 Å². The Morgan fingerprint density at radius 1 is 0.833 bits per heavy atom. The molecule has 0 aliphatic heterocycles. The number of rotatable bonds is 0. The Kier molecular flexibility index (Phi) is 2.01. The number of hydrogen-bond acceptors (Lipinski definition) is 4. The number of hydrogen-bond donors (Lipinski definition) is 1. The minimum atomic E-state index is -0.466. The Bertz CT molecular complexity index is 644. The third-order valence-electron chi connectivity index (χ3n) is 3.07. The summed E-state index contributed by atoms with van der Waals surface area (Å²) in [6.45, 7) is 0. The van der Waals surface area contributed by atoms with Crippen molar-refractivity contribution in [3.05, 3.63) is 58.7 Å². The van der Waals surface area contributed by atoms with Gasteiger partial charge < -0.3 is 10.8 Å². The predicted octanol–water partition coefficient (Wildman–Crippen LogP) is 1.12. The second-order valence-corrected chi connectivity index (χ2v) is 4.11. The highest BCUT2D eigenvalue weighted by Gasteiger charge is 2.31. The van der Waals surface area contributed by atoms with Crippen LogP contribution in [0.2, 0.25) is 0 Å². The van der Waals surface area contributed by atoms with E-state index >= 15 is 0 Å². The third-order valence-corrected chi connectivity index (χ3v) is 3.07. The van der Waals surface area contributed by atoms with E-state index in [4.69, 9.17) is 5.73 Å². The average molecular weight is 238 g/mol. The van der Waals surface area contributed by atoms with Crippen LogP contribution < -0.4 is 10.8 Å². The van der Waals surface area contributed by atoms with E-state index in [1.54, 1.807) is 24.3 Å². The molecule has 0 amide bonds. The smallest absolute Gasteiger partial charge is 0.196 e. The molecule has 0 radical (unpaired) electrons. The number of ketones is 2. The van der Waals surface area contributed by atoms with Gasteiger partial charge in [0.1, 0.15) is 0 Å². The normalized spacial score (nSPS) is 13.1. The van der Waals surface area contributed by atoms with Gasteiger partial charge in [-0.25, -0.2) is 0 Å². The summed E-state index contributed by atoms with van der Waals surface area (Å²) in [6.07, 6.45) is 0. The van der Waals surface area contributed by atoms with Crippen LogP contribution in [0.4, 0.5) is 5.69 Å². The standard InChI is InChI=1S/C14H9NO3/c15-9-5-6-10(16)12-11(9)13(17)7-3-1-2-4-8(7)14(12)18/h1-6,16H,15H2/p-1. The third kappa shape index (κ3) is 1.20. The maximum absolute atomic E-state index is 12.3. The van der Waals surface area contributed by atoms with Crippen molar-refractivity contribution in [2.75, 3.05) is 5.73 Å². The molecule has 2 N–H and O–H groups in total. The molecule has 18 heavy (non-hydrogen) atoms. The number of fused-ring (bicyclic) bond motifs is 2. The molecule has 0 fully saturated rings. The maximum Gasteiger partial charge on any atom is 0.196 e. The zero-order valence-electron chi connectivity index (χ0n) is 9.27. The molecule has 0 saturated heterocycles. The molecule has 0 aromatic heterocycles. The van der Waals surface area contributed by atoms with Gasteiger partial charge >= 0.3 is 0 Å². The molecule has 0 atom stereocenters. The van der Waals surface area contributed by atoms with Crippen LogP contribution in [-0.2, 0) is 0 Å². The van der Waals surface area contributed by atoms with Crippen LogP contribution in [0.1, 0.15) is 31.8 Å². The first-order chi connectivity index (χ1) is 8.61. The van der Waals surface area contributed by atoms with Gasteiger partial charge in [0.05, 0.1) is 5.56 Å². The van der Waals surface area contributed by atoms with Crippen molar-refractivity contribution < 1.29 is 14.7 Å². The summed E-state index contributed by atoms with van der Waals surface area (Å²) in [7, 11) is 0. The van der Waals surface area contributed by atoms with E-state index in [1.165, 1.54) is 12.1 Å². The first-order valence-corrected chi connectivity index (χ1v) is 5.39. The van der Waals surface area contributed by atoms with Gasteiger partial charge in [0.15, 0.2) is 11.6 Å². The van der Waals surface area contributed by atoms with Crippen molar-refractivity contribution in [3.63, 3.8) is 0 Å². The van der Waals surface area contributed by atoms with Crippen molar-refractivity contribution in [1.82, 2.24) is 0 Å². The number of benzene rings is 2. The van der Waals surface area contributed by atoms with Crippen LogP contribution >= 0.6 is 0 Å². The van der Waals surface area contributed by atoms with Gasteiger partial charge in [-0.05, 0) is 6.07 Å². The topological polar surface area (TPSA) is 83.2 Å². The van der Waals surface area contributed by atoms with E-state index in [1.807, 2.05) is 0 Å². The summed E-state index contributed by atoms with van der Waals surface area (Å²) in [5.74, 6) is -1.26. The van der Waals surface area contributed by atoms with Gasteiger partial charge in [-0.3, -0.25) is 9.59 Å². The zero-order chi connectivity index (χ0) is 12.9. The molecule has 4 heteroatoms. The monoisotopic (exact) mass is 238 g/mol. The average Bonchev–Trinajstić information content (AvgIpc) is 2.38. The van der Waals surface area contributed by atoms with E-state index in [-0.39, 0.29) is 28.2 Å². The zero-order valence-corrected chi connectivity index (χ0v) is 9.27. The van der Waals surface area contributed by atoms with Gasteiger partial charge in [0, 0.05) is 22.4 Å². The molecular weight excluding hydrogens is 230 g/mol. The fourth-order valence-electron chi connectivity index (χ4n) is 2.22. The highest BCUT2D eigenvalue weighted by molar-refractivity contribution is 6.30. The molecule has 2 aromatic carbocycles. The summed E-state index contributed by atoms with van der Waals surface area (Å²) < 4.78 is 0. The lowest BCUT2D eigenvalue weighted by molar-refractivity contribution is -0.268. The quantitative estimate of drug-likeness (QED) is 0.595. The molecule has 3 rings (SSSR count). The number of anilines is 1. The van der Waals surface area contributed by atoms with Crippen LogP contribution in [0, 0.1) is 0 Å². The lowest BCUT2D eigenvalue weighted by atomic mass is 9.83. The van der Waals surface area contributed by atoms with Crippen molar-refractivity contribution in [2.24, 2.45) is 0 Å². The van der Waals surface area contributed by atoms with Gasteiger partial charge in [-0.2, -0.15) is 0 Å². The number of nitrogen functional groups attached to an aromatic ring is 1. The van der Waals surface area contributed by atoms with E-state index in [0.717, 1.165) is 0 Å². The fraction of sp³-hybridized carbons (Fsp3) is 0. The minimum absolute atomic E-state index is 0.0335. The summed E-state index contributed by atoms with van der Waals surface area (Å²) in [5.41, 5.74) is 6.35. The molecular formula is C14H8NO3-. The summed E-state index contributed by atoms with van der Waals surface area (Å²) in [5, 5.41) is 11.8. The first-order valence-electron chi connectivity index (χ1n) is 5.39. The van der Waals surface area contributed by atoms with Crippen molar-refractivity contribution >= 4 is 17.3 Å². The van der Waals surface area contributed by atoms with Crippen LogP contribution in [0.25, 0.3) is 0 Å². The molecule has 0 heterocycles. The molecule has 4 nitrogen and oxygen atoms in total. The van der Waals surface area contributed by atoms with Crippen LogP contribution in [0.5, 0.6) is 5.75 Å². The largest absolute Gasteiger partial charge is 0.872 e. The predicted molar refractivity (Wildman–Crippen MR) is 63.6 cm³/mol. The Labute approximate surface area is 103 Å². The fourth-order valence-corrected chi connectivity index (χ4v) is 2.22. The van der Waals surface area contributed by atoms with Crippen LogP contribution in [0.15, 0.2) is 36.4 Å². The van der Waals surface area contributed by atoms with E-state index in [0.29, 0.717) is 5.56 Å². The SMILES string of the molecule is Nc1ccc([O-])c2c1C(=O)c1ccccc1C2=O. The Morgan fingerprint density at radius 3 is 2.00 bits per heavy atom. The highest BCUT2D eigenvalue weighted by atomic mass is 16.3. The second-order valence-electron chi connectivity index (χ2n) is 4.11. The van der Waals surface area contributed by atoms with Gasteiger partial charge in [0.2, 0.25) is 0 Å². The van der Waals surface area contributed by atoms with Crippen LogP contribution in [0.3, 0.4) is 0 Å². The molecule has 2 aromatic rings. The number of carbonyl (C=O) groups excluding carboxylic acids is 2. The summed E-state index contributed by atoms with van der Waals surface area (Å²) >= 11 is 0. The van der Waals surface area contributed by atoms with E-state index < -0.39 is 11.5 Å². The molecule has 88 valence electrons. The molecule has 0 unspecified atom stereocenters. The van der Waals surface area contributed by atoms with E-state index in [2.05, 4.69) is 0 Å². The number of nitrogens with two attached hydrogens (primary N) is 1. The number of carbonyl (C=O) groups is 2. The van der Waals surface area contributed by atoms with Gasteiger partial charge in [-0.15, -0.1) is 0 Å². The Balaban J connectivity index is 2.41. The summed E-state index contributed by atoms with van der Waals surface area (Å²) in [6, 6.07) is 9.02. The molecule has 0 saturated carbocycles. The van der Waals surface area contributed by atoms with Crippen molar-refractivity contribution in [2.45, 2.75) is 0 Å². The molecule has 1 aliphatic carbocycles. The Hall–Kier alpha value is -2.62. The van der Waals surface area contributed by atoms with Crippen molar-refractivity contribution in [3.8, 4) is 5.75 Å². The first kappa shape index (κ1) is 10.5. The minimum Gasteiger partial charge on any atom is -0.872 e. The molecule has 0 spiro atoms. The lowest BCUT2D eigenvalue weighted by Gasteiger charge is -2.23. The molecule has 1 aliphatic rings.